The Balaban J connectivity index is 1.74. The lowest BCUT2D eigenvalue weighted by molar-refractivity contribution is 0.284. The molecule has 0 aromatic heterocycles. The highest BCUT2D eigenvalue weighted by atomic mass is 35.5. The van der Waals surface area contributed by atoms with Gasteiger partial charge in [-0.1, -0.05) is 64.6 Å². The van der Waals surface area contributed by atoms with E-state index in [1.54, 1.807) is 19.2 Å². The second kappa shape index (κ2) is 9.49. The number of benzene rings is 3. The van der Waals surface area contributed by atoms with Gasteiger partial charge in [0.15, 0.2) is 17.2 Å². The Bertz CT molecular complexity index is 1000. The Hall–Kier alpha value is -2.27. The van der Waals surface area contributed by atoms with Crippen LogP contribution in [0.5, 0.6) is 17.2 Å². The number of hydrogen-bond donors (Lipinski definition) is 2. The number of phenolic OH excluding ortho intramolecular Hbond substituents is 1. The Morgan fingerprint density at radius 3 is 2.31 bits per heavy atom. The average molecular weight is 453 g/mol. The van der Waals surface area contributed by atoms with E-state index in [9.17, 15) is 5.11 Å². The highest BCUT2D eigenvalue weighted by Gasteiger charge is 2.13. The summed E-state index contributed by atoms with van der Waals surface area (Å²) in [6.45, 7) is 2.87. The maximum absolute atomic E-state index is 9.66. The molecule has 3 aromatic rings. The summed E-state index contributed by atoms with van der Waals surface area (Å²) in [4.78, 5) is 0. The SMILES string of the molecule is COc1cc(CNc2cc(Cl)c(O)c(Cl)c2)cc(Cl)c1OCc1cccc(C)c1. The number of anilines is 1. The quantitative estimate of drug-likeness (QED) is 0.384. The Kier molecular flexibility index (Phi) is 7.01. The fourth-order valence-corrected chi connectivity index (χ4v) is 3.62. The van der Waals surface area contributed by atoms with Crippen molar-refractivity contribution in [1.82, 2.24) is 0 Å². The molecule has 0 saturated carbocycles. The molecule has 2 N–H and O–H groups in total. The summed E-state index contributed by atoms with van der Waals surface area (Å²) in [5.41, 5.74) is 3.78. The summed E-state index contributed by atoms with van der Waals surface area (Å²) in [6.07, 6.45) is 0. The largest absolute Gasteiger partial charge is 0.505 e. The molecular formula is C22H20Cl3NO3. The van der Waals surface area contributed by atoms with E-state index in [2.05, 4.69) is 11.4 Å². The van der Waals surface area contributed by atoms with Crippen LogP contribution in [0, 0.1) is 6.92 Å². The van der Waals surface area contributed by atoms with Gasteiger partial charge >= 0.3 is 0 Å². The van der Waals surface area contributed by atoms with Crippen LogP contribution in [0.3, 0.4) is 0 Å². The zero-order valence-corrected chi connectivity index (χ0v) is 18.2. The van der Waals surface area contributed by atoms with Crippen molar-refractivity contribution >= 4 is 40.5 Å². The highest BCUT2D eigenvalue weighted by Crippen LogP contribution is 2.38. The van der Waals surface area contributed by atoms with Crippen LogP contribution < -0.4 is 14.8 Å². The number of phenols is 1. The standard InChI is InChI=1S/C22H20Cl3NO3/c1-13-4-3-5-14(6-13)12-29-22-19(25)7-15(8-20(22)28-2)11-26-16-9-17(23)21(27)18(24)10-16/h3-10,26-27H,11-12H2,1-2H3. The van der Waals surface area contributed by atoms with Gasteiger partial charge in [0.2, 0.25) is 0 Å². The maximum atomic E-state index is 9.66. The Labute approximate surface area is 184 Å². The summed E-state index contributed by atoms with van der Waals surface area (Å²) in [6, 6.07) is 14.9. The predicted molar refractivity (Wildman–Crippen MR) is 119 cm³/mol. The van der Waals surface area contributed by atoms with Crippen molar-refractivity contribution in [3.05, 3.63) is 80.3 Å². The molecule has 7 heteroatoms. The van der Waals surface area contributed by atoms with Crippen LogP contribution in [-0.4, -0.2) is 12.2 Å². The minimum absolute atomic E-state index is 0.140. The van der Waals surface area contributed by atoms with Crippen LogP contribution >= 0.6 is 34.8 Å². The number of nitrogens with one attached hydrogen (secondary N) is 1. The molecular weight excluding hydrogens is 433 g/mol. The van der Waals surface area contributed by atoms with E-state index in [1.165, 1.54) is 5.56 Å². The Morgan fingerprint density at radius 1 is 0.931 bits per heavy atom. The van der Waals surface area contributed by atoms with Crippen molar-refractivity contribution in [2.45, 2.75) is 20.1 Å². The molecule has 0 aliphatic carbocycles. The molecule has 152 valence electrons. The van der Waals surface area contributed by atoms with E-state index in [0.717, 1.165) is 11.1 Å². The number of halogens is 3. The third-order valence-corrected chi connectivity index (χ3v) is 5.13. The lowest BCUT2D eigenvalue weighted by Gasteiger charge is -2.15. The van der Waals surface area contributed by atoms with Crippen LogP contribution in [0.4, 0.5) is 5.69 Å². The van der Waals surface area contributed by atoms with Crippen LogP contribution in [0.25, 0.3) is 0 Å². The number of ether oxygens (including phenoxy) is 2. The highest BCUT2D eigenvalue weighted by molar-refractivity contribution is 6.37. The van der Waals surface area contributed by atoms with Gasteiger partial charge < -0.3 is 19.9 Å². The molecule has 0 spiro atoms. The molecule has 3 rings (SSSR count). The molecule has 0 unspecified atom stereocenters. The summed E-state index contributed by atoms with van der Waals surface area (Å²) < 4.78 is 11.4. The second-order valence-corrected chi connectivity index (χ2v) is 7.75. The summed E-state index contributed by atoms with van der Waals surface area (Å²) in [5.74, 6) is 0.901. The number of aromatic hydroxyl groups is 1. The first kappa shape index (κ1) is 21.4. The van der Waals surface area contributed by atoms with E-state index in [-0.39, 0.29) is 15.8 Å². The smallest absolute Gasteiger partial charge is 0.180 e. The molecule has 4 nitrogen and oxygen atoms in total. The minimum atomic E-state index is -0.140. The molecule has 3 aromatic carbocycles. The molecule has 0 saturated heterocycles. The Morgan fingerprint density at radius 2 is 1.66 bits per heavy atom. The van der Waals surface area contributed by atoms with Crippen LogP contribution in [0.2, 0.25) is 15.1 Å². The van der Waals surface area contributed by atoms with Gasteiger partial charge in [-0.05, 0) is 42.3 Å². The second-order valence-electron chi connectivity index (χ2n) is 6.53. The molecule has 29 heavy (non-hydrogen) atoms. The molecule has 0 radical (unpaired) electrons. The van der Waals surface area contributed by atoms with Crippen LogP contribution in [0.15, 0.2) is 48.5 Å². The zero-order valence-electron chi connectivity index (χ0n) is 15.9. The van der Waals surface area contributed by atoms with Crippen molar-refractivity contribution in [2.75, 3.05) is 12.4 Å². The molecule has 0 fully saturated rings. The van der Waals surface area contributed by atoms with E-state index in [0.29, 0.717) is 35.4 Å². The fourth-order valence-electron chi connectivity index (χ4n) is 2.84. The molecule has 0 aliphatic rings. The van der Waals surface area contributed by atoms with Gasteiger partial charge in [0.1, 0.15) is 6.61 Å². The monoisotopic (exact) mass is 451 g/mol. The first-order chi connectivity index (χ1) is 13.9. The molecule has 0 atom stereocenters. The molecule has 0 bridgehead atoms. The minimum Gasteiger partial charge on any atom is -0.505 e. The van der Waals surface area contributed by atoms with Crippen molar-refractivity contribution in [2.24, 2.45) is 0 Å². The zero-order chi connectivity index (χ0) is 21.0. The predicted octanol–water partition coefficient (Wildman–Crippen LogP) is 6.86. The lowest BCUT2D eigenvalue weighted by atomic mass is 10.1. The normalized spacial score (nSPS) is 10.7. The van der Waals surface area contributed by atoms with Crippen molar-refractivity contribution in [1.29, 1.82) is 0 Å². The summed E-state index contributed by atoms with van der Waals surface area (Å²) in [5, 5.41) is 13.7. The lowest BCUT2D eigenvalue weighted by Crippen LogP contribution is -2.03. The van der Waals surface area contributed by atoms with E-state index >= 15 is 0 Å². The average Bonchev–Trinajstić information content (AvgIpc) is 2.69. The van der Waals surface area contributed by atoms with E-state index in [1.807, 2.05) is 37.3 Å². The summed E-state index contributed by atoms with van der Waals surface area (Å²) in [7, 11) is 1.57. The van der Waals surface area contributed by atoms with Gasteiger partial charge in [-0.3, -0.25) is 0 Å². The van der Waals surface area contributed by atoms with Gasteiger partial charge in [-0.2, -0.15) is 0 Å². The van der Waals surface area contributed by atoms with E-state index in [4.69, 9.17) is 44.3 Å². The number of methoxy groups -OCH3 is 1. The topological polar surface area (TPSA) is 50.7 Å². The van der Waals surface area contributed by atoms with Crippen molar-refractivity contribution < 1.29 is 14.6 Å². The number of hydrogen-bond acceptors (Lipinski definition) is 4. The first-order valence-electron chi connectivity index (χ1n) is 8.84. The van der Waals surface area contributed by atoms with Crippen LogP contribution in [0.1, 0.15) is 16.7 Å². The van der Waals surface area contributed by atoms with E-state index < -0.39 is 0 Å². The van der Waals surface area contributed by atoms with Gasteiger partial charge in [-0.25, -0.2) is 0 Å². The molecule has 0 aliphatic heterocycles. The van der Waals surface area contributed by atoms with Gasteiger partial charge in [0.05, 0.1) is 22.2 Å². The van der Waals surface area contributed by atoms with Crippen LogP contribution in [-0.2, 0) is 13.2 Å². The number of rotatable bonds is 7. The van der Waals surface area contributed by atoms with Crippen molar-refractivity contribution in [3.8, 4) is 17.2 Å². The molecule has 0 heterocycles. The summed E-state index contributed by atoms with van der Waals surface area (Å²) >= 11 is 18.4. The molecule has 0 amide bonds. The van der Waals surface area contributed by atoms with Crippen molar-refractivity contribution in [3.63, 3.8) is 0 Å². The van der Waals surface area contributed by atoms with Gasteiger partial charge in [-0.15, -0.1) is 0 Å². The fraction of sp³-hybridized carbons (Fsp3) is 0.182. The number of aryl methyl sites for hydroxylation is 1. The van der Waals surface area contributed by atoms with Gasteiger partial charge in [0.25, 0.3) is 0 Å². The van der Waals surface area contributed by atoms with Gasteiger partial charge in [0, 0.05) is 12.2 Å². The maximum Gasteiger partial charge on any atom is 0.180 e. The third-order valence-electron chi connectivity index (χ3n) is 4.27. The third kappa shape index (κ3) is 5.41. The first-order valence-corrected chi connectivity index (χ1v) is 9.97.